The topological polar surface area (TPSA) is 46.5 Å². The lowest BCUT2D eigenvalue weighted by Gasteiger charge is -2.10. The van der Waals surface area contributed by atoms with Crippen molar-refractivity contribution < 1.29 is 27.8 Å². The van der Waals surface area contributed by atoms with E-state index in [2.05, 4.69) is 20.7 Å². The van der Waals surface area contributed by atoms with Crippen LogP contribution in [0, 0.1) is 0 Å². The molecule has 0 spiro atoms. The normalized spacial score (nSPS) is 11.2. The van der Waals surface area contributed by atoms with Gasteiger partial charge >= 0.3 is 12.1 Å². The molecule has 0 saturated heterocycles. The van der Waals surface area contributed by atoms with Crippen molar-refractivity contribution in [2.75, 3.05) is 6.61 Å². The molecule has 0 bridgehead atoms. The molecule has 3 nitrogen and oxygen atoms in total. The zero-order valence-electron chi connectivity index (χ0n) is 7.71. The summed E-state index contributed by atoms with van der Waals surface area (Å²) in [7, 11) is 0. The Morgan fingerprint density at radius 2 is 2.06 bits per heavy atom. The molecule has 0 atom stereocenters. The fourth-order valence-corrected chi connectivity index (χ4v) is 1.29. The fraction of sp³-hybridized carbons (Fsp3) is 0.222. The van der Waals surface area contributed by atoms with Gasteiger partial charge in [-0.15, -0.1) is 0 Å². The van der Waals surface area contributed by atoms with E-state index in [0.717, 1.165) is 18.2 Å². The maximum Gasteiger partial charge on any atom is 0.416 e. The van der Waals surface area contributed by atoms with Crippen LogP contribution >= 0.6 is 15.9 Å². The van der Waals surface area contributed by atoms with Gasteiger partial charge in [0.15, 0.2) is 6.61 Å². The third-order valence-electron chi connectivity index (χ3n) is 1.61. The van der Waals surface area contributed by atoms with E-state index in [0.29, 0.717) is 0 Å². The molecule has 0 radical (unpaired) electrons. The molecule has 16 heavy (non-hydrogen) atoms. The summed E-state index contributed by atoms with van der Waals surface area (Å²) < 4.78 is 41.9. The number of carboxylic acids is 1. The maximum atomic E-state index is 12.3. The zero-order valence-corrected chi connectivity index (χ0v) is 9.30. The Labute approximate surface area is 97.0 Å². The number of ether oxygens (including phenoxy) is 1. The van der Waals surface area contributed by atoms with E-state index in [1.807, 2.05) is 0 Å². The van der Waals surface area contributed by atoms with E-state index in [4.69, 9.17) is 5.11 Å². The maximum absolute atomic E-state index is 12.3. The highest BCUT2D eigenvalue weighted by molar-refractivity contribution is 9.10. The molecular formula is C9H6BrF3O3. The SMILES string of the molecule is O=C(O)COc1cc(C(F)(F)F)ccc1Br. The second kappa shape index (κ2) is 4.73. The molecular weight excluding hydrogens is 293 g/mol. The smallest absolute Gasteiger partial charge is 0.416 e. The second-order valence-electron chi connectivity index (χ2n) is 2.83. The Kier molecular flexibility index (Phi) is 3.79. The molecule has 1 aromatic rings. The molecule has 0 aliphatic heterocycles. The molecule has 0 aromatic heterocycles. The minimum Gasteiger partial charge on any atom is -0.481 e. The van der Waals surface area contributed by atoms with Gasteiger partial charge in [0, 0.05) is 0 Å². The van der Waals surface area contributed by atoms with Gasteiger partial charge in [0.1, 0.15) is 5.75 Å². The van der Waals surface area contributed by atoms with Crippen LogP contribution in [0.1, 0.15) is 5.56 Å². The van der Waals surface area contributed by atoms with Gasteiger partial charge in [-0.1, -0.05) is 0 Å². The number of hydrogen-bond acceptors (Lipinski definition) is 2. The molecule has 0 fully saturated rings. The Balaban J connectivity index is 2.95. The van der Waals surface area contributed by atoms with Crippen molar-refractivity contribution in [3.05, 3.63) is 28.2 Å². The lowest BCUT2D eigenvalue weighted by molar-refractivity contribution is -0.139. The van der Waals surface area contributed by atoms with Crippen LogP contribution in [0.2, 0.25) is 0 Å². The number of carboxylic acid groups (broad SMARTS) is 1. The molecule has 7 heteroatoms. The number of aliphatic carboxylic acids is 1. The molecule has 1 N–H and O–H groups in total. The highest BCUT2D eigenvalue weighted by Gasteiger charge is 2.31. The second-order valence-corrected chi connectivity index (χ2v) is 3.68. The first-order chi connectivity index (χ1) is 7.30. The van der Waals surface area contributed by atoms with E-state index in [-0.39, 0.29) is 10.2 Å². The van der Waals surface area contributed by atoms with Crippen molar-refractivity contribution in [1.29, 1.82) is 0 Å². The minimum atomic E-state index is -4.48. The summed E-state index contributed by atoms with van der Waals surface area (Å²) in [4.78, 5) is 10.2. The summed E-state index contributed by atoms with van der Waals surface area (Å²) in [6.07, 6.45) is -4.48. The number of alkyl halides is 3. The van der Waals surface area contributed by atoms with Gasteiger partial charge in [0.25, 0.3) is 0 Å². The predicted octanol–water partition coefficient (Wildman–Crippen LogP) is 2.93. The Morgan fingerprint density at radius 1 is 1.44 bits per heavy atom. The van der Waals surface area contributed by atoms with Gasteiger partial charge in [0.05, 0.1) is 10.0 Å². The summed E-state index contributed by atoms with van der Waals surface area (Å²) in [5, 5.41) is 8.33. The van der Waals surface area contributed by atoms with Gasteiger partial charge < -0.3 is 9.84 Å². The first kappa shape index (κ1) is 12.8. The molecule has 88 valence electrons. The molecule has 0 saturated carbocycles. The van der Waals surface area contributed by atoms with Crippen LogP contribution in [-0.4, -0.2) is 17.7 Å². The largest absolute Gasteiger partial charge is 0.481 e. The van der Waals surface area contributed by atoms with Crippen molar-refractivity contribution in [1.82, 2.24) is 0 Å². The molecule has 0 heterocycles. The van der Waals surface area contributed by atoms with Crippen molar-refractivity contribution in [3.63, 3.8) is 0 Å². The van der Waals surface area contributed by atoms with Crippen LogP contribution in [0.15, 0.2) is 22.7 Å². The number of carbonyl (C=O) groups is 1. The lowest BCUT2D eigenvalue weighted by atomic mass is 10.2. The lowest BCUT2D eigenvalue weighted by Crippen LogP contribution is -2.11. The summed E-state index contributed by atoms with van der Waals surface area (Å²) in [6.45, 7) is -0.695. The Morgan fingerprint density at radius 3 is 2.56 bits per heavy atom. The van der Waals surface area contributed by atoms with Crippen LogP contribution in [0.5, 0.6) is 5.75 Å². The fourth-order valence-electron chi connectivity index (χ4n) is 0.930. The van der Waals surface area contributed by atoms with E-state index in [1.165, 1.54) is 0 Å². The Hall–Kier alpha value is -1.24. The standard InChI is InChI=1S/C9H6BrF3O3/c10-6-2-1-5(9(11,12)13)3-7(6)16-4-8(14)15/h1-3H,4H2,(H,14,15). The third kappa shape index (κ3) is 3.41. The van der Waals surface area contributed by atoms with Gasteiger partial charge in [-0.2, -0.15) is 13.2 Å². The van der Waals surface area contributed by atoms with E-state index in [1.54, 1.807) is 0 Å². The van der Waals surface area contributed by atoms with Crippen LogP contribution in [0.4, 0.5) is 13.2 Å². The number of hydrogen-bond donors (Lipinski definition) is 1. The van der Waals surface area contributed by atoms with Gasteiger partial charge in [-0.05, 0) is 34.1 Å². The molecule has 1 aromatic carbocycles. The van der Waals surface area contributed by atoms with Crippen LogP contribution < -0.4 is 4.74 Å². The zero-order chi connectivity index (χ0) is 12.3. The first-order valence-corrected chi connectivity index (χ1v) is 4.81. The predicted molar refractivity (Wildman–Crippen MR) is 52.3 cm³/mol. The van der Waals surface area contributed by atoms with Crippen LogP contribution in [0.25, 0.3) is 0 Å². The summed E-state index contributed by atoms with van der Waals surface area (Å²) in [5.41, 5.74) is -0.893. The number of rotatable bonds is 3. The first-order valence-electron chi connectivity index (χ1n) is 4.02. The highest BCUT2D eigenvalue weighted by atomic mass is 79.9. The van der Waals surface area contributed by atoms with Gasteiger partial charge in [-0.3, -0.25) is 0 Å². The summed E-state index contributed by atoms with van der Waals surface area (Å²) in [5.74, 6) is -1.42. The van der Waals surface area contributed by atoms with Crippen LogP contribution in [0.3, 0.4) is 0 Å². The van der Waals surface area contributed by atoms with E-state index < -0.39 is 24.3 Å². The van der Waals surface area contributed by atoms with E-state index in [9.17, 15) is 18.0 Å². The summed E-state index contributed by atoms with van der Waals surface area (Å²) in [6, 6.07) is 2.77. The van der Waals surface area contributed by atoms with Gasteiger partial charge in [0.2, 0.25) is 0 Å². The average Bonchev–Trinajstić information content (AvgIpc) is 2.14. The van der Waals surface area contributed by atoms with Crippen LogP contribution in [-0.2, 0) is 11.0 Å². The average molecular weight is 299 g/mol. The minimum absolute atomic E-state index is 0.155. The highest BCUT2D eigenvalue weighted by Crippen LogP contribution is 2.34. The molecule has 0 aliphatic rings. The molecule has 0 amide bonds. The monoisotopic (exact) mass is 298 g/mol. The molecule has 1 rings (SSSR count). The van der Waals surface area contributed by atoms with Crippen molar-refractivity contribution >= 4 is 21.9 Å². The van der Waals surface area contributed by atoms with Crippen molar-refractivity contribution in [2.45, 2.75) is 6.18 Å². The van der Waals surface area contributed by atoms with E-state index >= 15 is 0 Å². The Bertz CT molecular complexity index is 403. The third-order valence-corrected chi connectivity index (χ3v) is 2.26. The van der Waals surface area contributed by atoms with Gasteiger partial charge in [-0.25, -0.2) is 4.79 Å². The number of benzene rings is 1. The number of halogens is 4. The molecule has 0 unspecified atom stereocenters. The molecule has 0 aliphatic carbocycles. The van der Waals surface area contributed by atoms with Crippen molar-refractivity contribution in [2.24, 2.45) is 0 Å². The van der Waals surface area contributed by atoms with Crippen molar-refractivity contribution in [3.8, 4) is 5.75 Å². The summed E-state index contributed by atoms with van der Waals surface area (Å²) >= 11 is 2.96. The quantitative estimate of drug-likeness (QED) is 0.933.